The molecule has 119 valence electrons. The highest BCUT2D eigenvalue weighted by Gasteiger charge is 2.26. The van der Waals surface area contributed by atoms with Gasteiger partial charge in [-0.15, -0.1) is 0 Å². The van der Waals surface area contributed by atoms with Crippen molar-refractivity contribution in [3.05, 3.63) is 40.7 Å². The summed E-state index contributed by atoms with van der Waals surface area (Å²) in [5, 5.41) is 12.4. The van der Waals surface area contributed by atoms with Gasteiger partial charge in [-0.05, 0) is 32.9 Å². The molecule has 23 heavy (non-hydrogen) atoms. The molecule has 0 bridgehead atoms. The smallest absolute Gasteiger partial charge is 0.232 e. The van der Waals surface area contributed by atoms with E-state index in [1.165, 1.54) is 0 Å². The van der Waals surface area contributed by atoms with E-state index >= 15 is 0 Å². The van der Waals surface area contributed by atoms with Crippen molar-refractivity contribution in [1.82, 2.24) is 10.3 Å². The minimum Gasteiger partial charge on any atom is -0.441 e. The number of aromatic nitrogens is 1. The summed E-state index contributed by atoms with van der Waals surface area (Å²) in [6.45, 7) is 5.60. The first-order chi connectivity index (χ1) is 10.9. The lowest BCUT2D eigenvalue weighted by molar-refractivity contribution is 0.377. The quantitative estimate of drug-likeness (QED) is 0.879. The van der Waals surface area contributed by atoms with Crippen molar-refractivity contribution in [2.45, 2.75) is 38.8 Å². The first-order valence-corrected chi connectivity index (χ1v) is 7.50. The maximum Gasteiger partial charge on any atom is 0.232 e. The third-order valence-electron chi connectivity index (χ3n) is 3.39. The number of halogens is 1. The number of hydrogen-bond donors (Lipinski definition) is 1. The molecule has 5 nitrogen and oxygen atoms in total. The summed E-state index contributed by atoms with van der Waals surface area (Å²) in [6, 6.07) is 8.20. The third-order valence-corrected chi connectivity index (χ3v) is 3.72. The number of nitriles is 1. The van der Waals surface area contributed by atoms with Crippen molar-refractivity contribution in [1.29, 1.82) is 5.26 Å². The standard InChI is InChI=1S/C17H17ClN3O2/c1-11-15(8-17(2,3)21-12(9-19)10-22)20-16(23-11)13-6-4-5-7-14(13)18/h4-7,12,21H,8H2,1-3H3/t12-/m0/s1. The molecule has 1 radical (unpaired) electrons. The first kappa shape index (κ1) is 17.2. The molecule has 6 heteroatoms. The topological polar surface area (TPSA) is 78.9 Å². The maximum atomic E-state index is 10.7. The van der Waals surface area contributed by atoms with Gasteiger partial charge in [-0.3, -0.25) is 10.1 Å². The molecule has 0 saturated heterocycles. The lowest BCUT2D eigenvalue weighted by Crippen LogP contribution is -2.47. The second-order valence-corrected chi connectivity index (χ2v) is 6.29. The Kier molecular flexibility index (Phi) is 5.19. The number of oxazole rings is 1. The molecular weight excluding hydrogens is 314 g/mol. The van der Waals surface area contributed by atoms with Gasteiger partial charge in [0.1, 0.15) is 5.76 Å². The van der Waals surface area contributed by atoms with Gasteiger partial charge in [0.2, 0.25) is 12.2 Å². The predicted molar refractivity (Wildman–Crippen MR) is 87.7 cm³/mol. The zero-order chi connectivity index (χ0) is 17.0. The molecule has 0 saturated carbocycles. The second-order valence-electron chi connectivity index (χ2n) is 5.89. The number of hydrogen-bond acceptors (Lipinski definition) is 5. The van der Waals surface area contributed by atoms with Crippen LogP contribution in [-0.4, -0.2) is 22.9 Å². The van der Waals surface area contributed by atoms with Crippen LogP contribution in [-0.2, 0) is 11.2 Å². The molecule has 0 spiro atoms. The largest absolute Gasteiger partial charge is 0.441 e. The number of benzene rings is 1. The van der Waals surface area contributed by atoms with Crippen LogP contribution < -0.4 is 5.32 Å². The van der Waals surface area contributed by atoms with Crippen molar-refractivity contribution in [2.75, 3.05) is 0 Å². The molecule has 1 aromatic heterocycles. The summed E-state index contributed by atoms with van der Waals surface area (Å²) in [5.41, 5.74) is 0.961. The summed E-state index contributed by atoms with van der Waals surface area (Å²) < 4.78 is 5.72. The molecule has 0 unspecified atom stereocenters. The molecule has 0 amide bonds. The van der Waals surface area contributed by atoms with Crippen molar-refractivity contribution in [2.24, 2.45) is 0 Å². The third kappa shape index (κ3) is 4.19. The average Bonchev–Trinajstić information content (AvgIpc) is 2.85. The number of rotatable bonds is 6. The van der Waals surface area contributed by atoms with Gasteiger partial charge in [-0.1, -0.05) is 23.7 Å². The van der Waals surface area contributed by atoms with Crippen LogP contribution in [0, 0.1) is 18.3 Å². The average molecular weight is 331 g/mol. The summed E-state index contributed by atoms with van der Waals surface area (Å²) >= 11 is 6.17. The van der Waals surface area contributed by atoms with Gasteiger partial charge in [-0.25, -0.2) is 4.98 Å². The Balaban J connectivity index is 2.24. The van der Waals surface area contributed by atoms with Crippen LogP contribution in [0.15, 0.2) is 28.7 Å². The highest BCUT2D eigenvalue weighted by molar-refractivity contribution is 6.33. The van der Waals surface area contributed by atoms with E-state index in [1.807, 2.05) is 45.0 Å². The summed E-state index contributed by atoms with van der Waals surface area (Å²) in [7, 11) is 0. The van der Waals surface area contributed by atoms with Crippen molar-refractivity contribution in [3.8, 4) is 17.5 Å². The highest BCUT2D eigenvalue weighted by Crippen LogP contribution is 2.29. The lowest BCUT2D eigenvalue weighted by Gasteiger charge is -2.26. The highest BCUT2D eigenvalue weighted by atomic mass is 35.5. The number of nitrogens with one attached hydrogen (secondary N) is 1. The Morgan fingerprint density at radius 1 is 1.43 bits per heavy atom. The molecule has 0 aliphatic carbocycles. The van der Waals surface area contributed by atoms with Crippen LogP contribution in [0.4, 0.5) is 0 Å². The zero-order valence-electron chi connectivity index (χ0n) is 13.2. The van der Waals surface area contributed by atoms with Gasteiger partial charge in [0.05, 0.1) is 22.3 Å². The van der Waals surface area contributed by atoms with Crippen LogP contribution in [0.3, 0.4) is 0 Å². The Morgan fingerprint density at radius 2 is 2.13 bits per heavy atom. The van der Waals surface area contributed by atoms with E-state index in [1.54, 1.807) is 12.4 Å². The number of nitrogens with zero attached hydrogens (tertiary/aromatic N) is 2. The van der Waals surface area contributed by atoms with E-state index in [0.29, 0.717) is 23.1 Å². The molecule has 1 N–H and O–H groups in total. The van der Waals surface area contributed by atoms with Gasteiger partial charge in [0, 0.05) is 12.0 Å². The van der Waals surface area contributed by atoms with Gasteiger partial charge >= 0.3 is 0 Å². The Labute approximate surface area is 140 Å². The summed E-state index contributed by atoms with van der Waals surface area (Å²) in [6.07, 6.45) is 2.16. The van der Waals surface area contributed by atoms with Crippen molar-refractivity contribution >= 4 is 17.9 Å². The monoisotopic (exact) mass is 330 g/mol. The van der Waals surface area contributed by atoms with E-state index in [9.17, 15) is 4.79 Å². The molecule has 1 aromatic carbocycles. The van der Waals surface area contributed by atoms with Gasteiger partial charge < -0.3 is 4.42 Å². The van der Waals surface area contributed by atoms with Crippen LogP contribution >= 0.6 is 11.6 Å². The minimum absolute atomic E-state index is 0.456. The molecule has 0 aliphatic rings. The minimum atomic E-state index is -0.972. The number of carbonyl (C=O) groups excluding carboxylic acids is 1. The maximum absolute atomic E-state index is 10.7. The van der Waals surface area contributed by atoms with E-state index < -0.39 is 11.6 Å². The zero-order valence-corrected chi connectivity index (χ0v) is 13.9. The lowest BCUT2D eigenvalue weighted by atomic mass is 9.96. The Morgan fingerprint density at radius 3 is 2.74 bits per heavy atom. The van der Waals surface area contributed by atoms with Crippen LogP contribution in [0.25, 0.3) is 11.5 Å². The predicted octanol–water partition coefficient (Wildman–Crippen LogP) is 3.22. The van der Waals surface area contributed by atoms with Crippen molar-refractivity contribution in [3.63, 3.8) is 0 Å². The van der Waals surface area contributed by atoms with Crippen LogP contribution in [0.1, 0.15) is 25.3 Å². The molecular formula is C17H17ClN3O2. The summed E-state index contributed by atoms with van der Waals surface area (Å²) in [4.78, 5) is 15.2. The first-order valence-electron chi connectivity index (χ1n) is 7.12. The molecule has 2 rings (SSSR count). The van der Waals surface area contributed by atoms with Gasteiger partial charge in [0.15, 0.2) is 6.04 Å². The fraction of sp³-hybridized carbons (Fsp3) is 0.353. The van der Waals surface area contributed by atoms with Crippen LogP contribution in [0.2, 0.25) is 5.02 Å². The SMILES string of the molecule is Cc1oc(-c2ccccc2Cl)nc1CC(C)(C)N[C@H]([C]=O)C#N. The van der Waals surface area contributed by atoms with Gasteiger partial charge in [-0.2, -0.15) is 5.26 Å². The van der Waals surface area contributed by atoms with E-state index in [-0.39, 0.29) is 0 Å². The molecule has 2 aromatic rings. The normalized spacial score (nSPS) is 12.7. The molecule has 0 fully saturated rings. The fourth-order valence-corrected chi connectivity index (χ4v) is 2.51. The Bertz CT molecular complexity index is 747. The van der Waals surface area contributed by atoms with E-state index in [2.05, 4.69) is 10.3 Å². The van der Waals surface area contributed by atoms with Crippen molar-refractivity contribution < 1.29 is 9.21 Å². The molecule has 0 aliphatic heterocycles. The Hall–Kier alpha value is -2.16. The number of aryl methyl sites for hydroxylation is 1. The van der Waals surface area contributed by atoms with E-state index in [4.69, 9.17) is 21.3 Å². The van der Waals surface area contributed by atoms with Crippen LogP contribution in [0.5, 0.6) is 0 Å². The fourth-order valence-electron chi connectivity index (χ4n) is 2.29. The van der Waals surface area contributed by atoms with Gasteiger partial charge in [0.25, 0.3) is 0 Å². The van der Waals surface area contributed by atoms with E-state index in [0.717, 1.165) is 11.3 Å². The molecule has 1 atom stereocenters. The second kappa shape index (κ2) is 6.95. The molecule has 1 heterocycles. The summed E-state index contributed by atoms with van der Waals surface area (Å²) in [5.74, 6) is 1.14.